The monoisotopic (exact) mass is 642 g/mol. The van der Waals surface area contributed by atoms with Gasteiger partial charge in [0.05, 0.1) is 11.1 Å². The molecule has 0 amide bonds. The topological polar surface area (TPSA) is 124 Å². The molecule has 0 unspecified atom stereocenters. The van der Waals surface area contributed by atoms with E-state index in [4.69, 9.17) is 28.4 Å². The molecule has 1 aliphatic heterocycles. The molecule has 12 heteroatoms. The lowest BCUT2D eigenvalue weighted by atomic mass is 9.98. The summed E-state index contributed by atoms with van der Waals surface area (Å²) in [5, 5.41) is 0. The molecule has 0 N–H and O–H groups in total. The molecule has 3 rings (SSSR count). The zero-order chi connectivity index (χ0) is 27.1. The van der Waals surface area contributed by atoms with E-state index < -0.39 is 54.6 Å². The van der Waals surface area contributed by atoms with Crippen LogP contribution in [0, 0.1) is 0 Å². The molecule has 2 aromatic rings. The minimum absolute atomic E-state index is 0.199. The van der Waals surface area contributed by atoms with Crippen LogP contribution < -0.4 is 0 Å². The first-order valence-corrected chi connectivity index (χ1v) is 12.6. The van der Waals surface area contributed by atoms with Gasteiger partial charge in [0.1, 0.15) is 12.7 Å². The predicted molar refractivity (Wildman–Crippen MR) is 135 cm³/mol. The van der Waals surface area contributed by atoms with Gasteiger partial charge in [-0.1, -0.05) is 31.9 Å². The standard InChI is InChI=1S/C25H24Br2O10/c1-13(28)34-20-19(12-33-23(30)15-4-8-17(26)9-5-15)36-25(32-3)22(35-14(2)29)21(20)37-24(31)16-6-10-18(27)11-7-16/h4-11,19-22,25H,12H2,1-3H3/t19-,20-,21+,22-,25-/m1/s1. The largest absolute Gasteiger partial charge is 0.459 e. The fraction of sp³-hybridized carbons (Fsp3) is 0.360. The van der Waals surface area contributed by atoms with Crippen LogP contribution in [-0.2, 0) is 38.0 Å². The van der Waals surface area contributed by atoms with Crippen molar-refractivity contribution in [1.29, 1.82) is 0 Å². The average molecular weight is 644 g/mol. The molecule has 0 bridgehead atoms. The maximum atomic E-state index is 13.0. The molecule has 0 saturated carbocycles. The molecule has 1 heterocycles. The van der Waals surface area contributed by atoms with Crippen LogP contribution in [0.4, 0.5) is 0 Å². The van der Waals surface area contributed by atoms with Gasteiger partial charge in [-0.15, -0.1) is 0 Å². The summed E-state index contributed by atoms with van der Waals surface area (Å²) >= 11 is 6.59. The van der Waals surface area contributed by atoms with Gasteiger partial charge < -0.3 is 28.4 Å². The quantitative estimate of drug-likeness (QED) is 0.310. The van der Waals surface area contributed by atoms with Crippen LogP contribution in [0.25, 0.3) is 0 Å². The second kappa shape index (κ2) is 13.1. The summed E-state index contributed by atoms with van der Waals surface area (Å²) in [5.41, 5.74) is 0.479. The van der Waals surface area contributed by atoms with E-state index in [1.165, 1.54) is 19.2 Å². The Balaban J connectivity index is 1.89. The van der Waals surface area contributed by atoms with Crippen LogP contribution in [-0.4, -0.2) is 68.3 Å². The van der Waals surface area contributed by atoms with Crippen molar-refractivity contribution in [2.24, 2.45) is 0 Å². The summed E-state index contributed by atoms with van der Waals surface area (Å²) in [6.45, 7) is 1.93. The minimum Gasteiger partial charge on any atom is -0.459 e. The van der Waals surface area contributed by atoms with Gasteiger partial charge in [0.2, 0.25) is 0 Å². The maximum Gasteiger partial charge on any atom is 0.338 e. The molecule has 2 aromatic carbocycles. The second-order valence-electron chi connectivity index (χ2n) is 7.91. The first kappa shape index (κ1) is 28.8. The van der Waals surface area contributed by atoms with Gasteiger partial charge in [0, 0.05) is 29.9 Å². The van der Waals surface area contributed by atoms with E-state index in [0.29, 0.717) is 0 Å². The van der Waals surface area contributed by atoms with Gasteiger partial charge in [-0.05, 0) is 48.5 Å². The van der Waals surface area contributed by atoms with Gasteiger partial charge in [-0.25, -0.2) is 9.59 Å². The SMILES string of the molecule is CO[C@@H]1O[C@H](COC(=O)c2ccc(Br)cc2)[C@@H](OC(C)=O)[C@H](OC(=O)c2ccc(Br)cc2)[C@H]1OC(C)=O. The number of hydrogen-bond acceptors (Lipinski definition) is 10. The fourth-order valence-corrected chi connectivity index (χ4v) is 4.12. The van der Waals surface area contributed by atoms with E-state index in [-0.39, 0.29) is 17.7 Å². The number of ether oxygens (including phenoxy) is 6. The minimum atomic E-state index is -1.35. The Morgan fingerprint density at radius 2 is 1.22 bits per heavy atom. The summed E-state index contributed by atoms with van der Waals surface area (Å²) in [5.74, 6) is -2.85. The zero-order valence-electron chi connectivity index (χ0n) is 20.1. The highest BCUT2D eigenvalue weighted by Gasteiger charge is 2.52. The maximum absolute atomic E-state index is 13.0. The van der Waals surface area contributed by atoms with Gasteiger partial charge >= 0.3 is 23.9 Å². The van der Waals surface area contributed by atoms with Crippen LogP contribution in [0.15, 0.2) is 57.5 Å². The molecule has 1 aliphatic rings. The number of hydrogen-bond donors (Lipinski definition) is 0. The van der Waals surface area contributed by atoms with Crippen molar-refractivity contribution in [1.82, 2.24) is 0 Å². The fourth-order valence-electron chi connectivity index (χ4n) is 3.59. The lowest BCUT2D eigenvalue weighted by molar-refractivity contribution is -0.298. The van der Waals surface area contributed by atoms with E-state index in [0.717, 1.165) is 22.8 Å². The Bertz CT molecular complexity index is 1120. The van der Waals surface area contributed by atoms with Crippen molar-refractivity contribution in [3.8, 4) is 0 Å². The van der Waals surface area contributed by atoms with Gasteiger partial charge in [-0.2, -0.15) is 0 Å². The molecule has 198 valence electrons. The number of rotatable bonds is 8. The lowest BCUT2D eigenvalue weighted by Gasteiger charge is -2.43. The normalized spacial score (nSPS) is 23.0. The highest BCUT2D eigenvalue weighted by molar-refractivity contribution is 9.10. The summed E-state index contributed by atoms with van der Waals surface area (Å²) in [6, 6.07) is 12.8. The third-order valence-corrected chi connectivity index (χ3v) is 6.27. The van der Waals surface area contributed by atoms with Crippen LogP contribution in [0.2, 0.25) is 0 Å². The summed E-state index contributed by atoms with van der Waals surface area (Å²) in [7, 11) is 1.30. The Labute approximate surface area is 229 Å². The Morgan fingerprint density at radius 1 is 0.730 bits per heavy atom. The Hall–Kier alpha value is -2.80. The van der Waals surface area contributed by atoms with E-state index in [1.807, 2.05) is 0 Å². The van der Waals surface area contributed by atoms with E-state index in [2.05, 4.69) is 31.9 Å². The molecule has 1 saturated heterocycles. The molecule has 5 atom stereocenters. The number of carbonyl (C=O) groups excluding carboxylic acids is 4. The van der Waals surface area contributed by atoms with Crippen molar-refractivity contribution >= 4 is 55.7 Å². The first-order valence-electron chi connectivity index (χ1n) is 11.0. The number of halogens is 2. The number of benzene rings is 2. The molecular formula is C25H24Br2O10. The lowest BCUT2D eigenvalue weighted by Crippen LogP contribution is -2.62. The van der Waals surface area contributed by atoms with E-state index in [9.17, 15) is 19.2 Å². The summed E-state index contributed by atoms with van der Waals surface area (Å²) < 4.78 is 34.6. The van der Waals surface area contributed by atoms with Gasteiger partial charge in [0.15, 0.2) is 24.6 Å². The number of methoxy groups -OCH3 is 1. The van der Waals surface area contributed by atoms with Crippen molar-refractivity contribution in [2.75, 3.05) is 13.7 Å². The Kier molecular flexibility index (Phi) is 10.2. The smallest absolute Gasteiger partial charge is 0.338 e. The average Bonchev–Trinajstić information content (AvgIpc) is 2.85. The van der Waals surface area contributed by atoms with Crippen LogP contribution in [0.3, 0.4) is 0 Å². The predicted octanol–water partition coefficient (Wildman–Crippen LogP) is 3.83. The Morgan fingerprint density at radius 3 is 1.70 bits per heavy atom. The van der Waals surface area contributed by atoms with Gasteiger partial charge in [0.25, 0.3) is 0 Å². The highest BCUT2D eigenvalue weighted by Crippen LogP contribution is 2.30. The van der Waals surface area contributed by atoms with Crippen LogP contribution >= 0.6 is 31.9 Å². The molecular weight excluding hydrogens is 620 g/mol. The number of esters is 4. The molecule has 0 radical (unpaired) electrons. The van der Waals surface area contributed by atoms with Gasteiger partial charge in [-0.3, -0.25) is 9.59 Å². The number of carbonyl (C=O) groups is 4. The third-order valence-electron chi connectivity index (χ3n) is 5.21. The summed E-state index contributed by atoms with van der Waals surface area (Å²) in [4.78, 5) is 49.4. The summed E-state index contributed by atoms with van der Waals surface area (Å²) in [6.07, 6.45) is -6.29. The molecule has 1 fully saturated rings. The molecule has 0 aliphatic carbocycles. The van der Waals surface area contributed by atoms with E-state index in [1.54, 1.807) is 36.4 Å². The van der Waals surface area contributed by atoms with Crippen LogP contribution in [0.1, 0.15) is 34.6 Å². The second-order valence-corrected chi connectivity index (χ2v) is 9.74. The van der Waals surface area contributed by atoms with Crippen molar-refractivity contribution in [3.63, 3.8) is 0 Å². The molecule has 0 spiro atoms. The van der Waals surface area contributed by atoms with Crippen molar-refractivity contribution < 1.29 is 47.6 Å². The van der Waals surface area contributed by atoms with Crippen LogP contribution in [0.5, 0.6) is 0 Å². The first-order chi connectivity index (χ1) is 17.6. The molecule has 0 aromatic heterocycles. The third kappa shape index (κ3) is 7.84. The highest BCUT2D eigenvalue weighted by atomic mass is 79.9. The van der Waals surface area contributed by atoms with Crippen molar-refractivity contribution in [3.05, 3.63) is 68.6 Å². The van der Waals surface area contributed by atoms with E-state index >= 15 is 0 Å². The van der Waals surface area contributed by atoms with Crippen molar-refractivity contribution in [2.45, 2.75) is 44.6 Å². The molecule has 37 heavy (non-hydrogen) atoms. The zero-order valence-corrected chi connectivity index (χ0v) is 23.2. The molecule has 10 nitrogen and oxygen atoms in total.